The van der Waals surface area contributed by atoms with Crippen LogP contribution in [0.1, 0.15) is 26.7 Å². The summed E-state index contributed by atoms with van der Waals surface area (Å²) in [5.74, 6) is -2.47. The number of carbonyl (C=O) groups excluding carboxylic acids is 3. The van der Waals surface area contributed by atoms with E-state index in [-0.39, 0.29) is 53.2 Å². The third-order valence-electron chi connectivity index (χ3n) is 8.46. The molecule has 0 aliphatic carbocycles. The Labute approximate surface area is 242 Å². The number of rotatable bonds is 11. The van der Waals surface area contributed by atoms with Crippen molar-refractivity contribution in [2.75, 3.05) is 45.8 Å². The predicted molar refractivity (Wildman–Crippen MR) is 148 cm³/mol. The molecule has 1 unspecified atom stereocenters. The van der Waals surface area contributed by atoms with E-state index in [9.17, 15) is 24.3 Å². The summed E-state index contributed by atoms with van der Waals surface area (Å²) in [6.45, 7) is 8.85. The van der Waals surface area contributed by atoms with Crippen molar-refractivity contribution in [3.8, 4) is 0 Å². The summed E-state index contributed by atoms with van der Waals surface area (Å²) in [4.78, 5) is 57.5. The van der Waals surface area contributed by atoms with Crippen LogP contribution < -0.4 is 16.4 Å². The molecule has 0 bridgehead atoms. The molecule has 3 fully saturated rings. The van der Waals surface area contributed by atoms with Crippen molar-refractivity contribution in [1.82, 2.24) is 45.5 Å². The minimum atomic E-state index is -1.14. The van der Waals surface area contributed by atoms with Crippen LogP contribution in [0.25, 0.3) is 0 Å². The summed E-state index contributed by atoms with van der Waals surface area (Å²) in [7, 11) is 0. The van der Waals surface area contributed by atoms with Gasteiger partial charge >= 0.3 is 5.97 Å². The maximum atomic E-state index is 13.2. The molecule has 5 heterocycles. The molecule has 41 heavy (non-hydrogen) atoms. The third kappa shape index (κ3) is 5.96. The average molecular weight is 591 g/mol. The van der Waals surface area contributed by atoms with Gasteiger partial charge in [-0.05, 0) is 43.3 Å². The first-order chi connectivity index (χ1) is 19.7. The highest BCUT2D eigenvalue weighted by Crippen LogP contribution is 2.51. The number of hydrogen-bond acceptors (Lipinski definition) is 11. The molecule has 0 radical (unpaired) electrons. The Hall–Kier alpha value is -3.08. The second-order valence-corrected chi connectivity index (χ2v) is 12.5. The lowest BCUT2D eigenvalue weighted by Gasteiger charge is -2.47. The maximum absolute atomic E-state index is 13.2. The minimum absolute atomic E-state index is 0.00209. The van der Waals surface area contributed by atoms with Crippen LogP contribution in [0.2, 0.25) is 0 Å². The van der Waals surface area contributed by atoms with E-state index in [2.05, 4.69) is 31.1 Å². The lowest BCUT2D eigenvalue weighted by atomic mass is 9.78. The number of amides is 3. The molecule has 3 saturated heterocycles. The van der Waals surface area contributed by atoms with Crippen molar-refractivity contribution >= 4 is 35.5 Å². The molecular formula is C25H38N10O5S. The van der Waals surface area contributed by atoms with Gasteiger partial charge in [0.15, 0.2) is 0 Å². The number of fused-ring (bicyclic) bond motifs is 1. The van der Waals surface area contributed by atoms with Crippen molar-refractivity contribution in [1.29, 1.82) is 0 Å². The average Bonchev–Trinajstić information content (AvgIpc) is 3.68. The largest absolute Gasteiger partial charge is 0.477 e. The van der Waals surface area contributed by atoms with Gasteiger partial charge in [0.2, 0.25) is 17.7 Å². The highest BCUT2D eigenvalue weighted by atomic mass is 32.2. The van der Waals surface area contributed by atoms with Crippen LogP contribution in [-0.2, 0) is 25.7 Å². The molecule has 0 saturated carbocycles. The lowest BCUT2D eigenvalue weighted by molar-refractivity contribution is -0.158. The van der Waals surface area contributed by atoms with Crippen molar-refractivity contribution in [3.63, 3.8) is 0 Å². The van der Waals surface area contributed by atoms with Crippen molar-refractivity contribution in [2.45, 2.75) is 56.6 Å². The van der Waals surface area contributed by atoms with Gasteiger partial charge < -0.3 is 31.3 Å². The van der Waals surface area contributed by atoms with Crippen molar-refractivity contribution in [2.24, 2.45) is 17.6 Å². The number of β-lactam (4-membered cyclic amide) rings is 1. The van der Waals surface area contributed by atoms with Crippen LogP contribution in [0.5, 0.6) is 0 Å². The first-order valence-electron chi connectivity index (χ1n) is 14.1. The number of nitrogens with one attached hydrogen (secondary N) is 2. The SMILES string of the molecule is CC(NC(=O)Cn1cnnn1)[C@H]1C(=O)N2C(C(=O)O)=C(S[C@@H]3CN[C@H](C(=O)N4CCN(CCCN)CC4)C3)[C@H](C)[C@H]12. The second-order valence-electron chi connectivity index (χ2n) is 11.1. The number of nitrogens with two attached hydrogens (primary N) is 1. The van der Waals surface area contributed by atoms with E-state index in [0.717, 1.165) is 26.1 Å². The van der Waals surface area contributed by atoms with Gasteiger partial charge in [0, 0.05) is 54.8 Å². The summed E-state index contributed by atoms with van der Waals surface area (Å²) in [6, 6.07) is -1.17. The maximum Gasteiger partial charge on any atom is 0.353 e. The summed E-state index contributed by atoms with van der Waals surface area (Å²) < 4.78 is 1.28. The van der Waals surface area contributed by atoms with Crippen LogP contribution in [0.4, 0.5) is 0 Å². The Kier molecular flexibility index (Phi) is 8.91. The molecular weight excluding hydrogens is 552 g/mol. The molecule has 0 spiro atoms. The lowest BCUT2D eigenvalue weighted by Crippen LogP contribution is -2.66. The molecule has 4 aliphatic heterocycles. The van der Waals surface area contributed by atoms with E-state index in [1.165, 1.54) is 27.7 Å². The van der Waals surface area contributed by atoms with E-state index in [0.29, 0.717) is 37.5 Å². The zero-order valence-corrected chi connectivity index (χ0v) is 24.1. The molecule has 1 aromatic heterocycles. The van der Waals surface area contributed by atoms with E-state index >= 15 is 0 Å². The molecule has 3 amide bonds. The number of carboxylic acids is 1. The third-order valence-corrected chi connectivity index (χ3v) is 9.97. The fraction of sp³-hybridized carbons (Fsp3) is 0.720. The summed E-state index contributed by atoms with van der Waals surface area (Å²) >= 11 is 1.46. The van der Waals surface area contributed by atoms with Gasteiger partial charge in [0.25, 0.3) is 0 Å². The summed E-state index contributed by atoms with van der Waals surface area (Å²) in [5.41, 5.74) is 5.63. The number of carboxylic acid groups (broad SMARTS) is 1. The molecule has 5 rings (SSSR count). The number of hydrogen-bond donors (Lipinski definition) is 4. The van der Waals surface area contributed by atoms with Crippen LogP contribution in [0.15, 0.2) is 16.9 Å². The number of aromatic nitrogens is 4. The number of thioether (sulfide) groups is 1. The quantitative estimate of drug-likeness (QED) is 0.206. The number of piperazine rings is 1. The molecule has 6 atom stereocenters. The molecule has 16 heteroatoms. The number of tetrazole rings is 1. The van der Waals surface area contributed by atoms with Gasteiger partial charge in [-0.1, -0.05) is 6.92 Å². The van der Waals surface area contributed by atoms with Crippen molar-refractivity contribution in [3.05, 3.63) is 16.9 Å². The fourth-order valence-electron chi connectivity index (χ4n) is 6.37. The van der Waals surface area contributed by atoms with E-state index < -0.39 is 17.9 Å². The van der Waals surface area contributed by atoms with Crippen LogP contribution in [0.3, 0.4) is 0 Å². The normalized spacial score (nSPS) is 29.0. The monoisotopic (exact) mass is 590 g/mol. The summed E-state index contributed by atoms with van der Waals surface area (Å²) in [6.07, 6.45) is 2.86. The highest BCUT2D eigenvalue weighted by Gasteiger charge is 2.60. The zero-order valence-electron chi connectivity index (χ0n) is 23.3. The van der Waals surface area contributed by atoms with Gasteiger partial charge in [0.05, 0.1) is 18.0 Å². The van der Waals surface area contributed by atoms with Gasteiger partial charge in [-0.3, -0.25) is 19.3 Å². The second kappa shape index (κ2) is 12.4. The Balaban J connectivity index is 1.18. The first kappa shape index (κ1) is 29.4. The molecule has 1 aromatic rings. The van der Waals surface area contributed by atoms with E-state index in [1.807, 2.05) is 11.8 Å². The minimum Gasteiger partial charge on any atom is -0.477 e. The zero-order chi connectivity index (χ0) is 29.3. The molecule has 224 valence electrons. The number of aliphatic carboxylic acids is 1. The molecule has 4 aliphatic rings. The van der Waals surface area contributed by atoms with Crippen LogP contribution in [0, 0.1) is 11.8 Å². The smallest absolute Gasteiger partial charge is 0.353 e. The van der Waals surface area contributed by atoms with Gasteiger partial charge in [0.1, 0.15) is 18.6 Å². The fourth-order valence-corrected chi connectivity index (χ4v) is 7.85. The number of carbonyl (C=O) groups is 4. The van der Waals surface area contributed by atoms with E-state index in [1.54, 1.807) is 6.92 Å². The molecule has 0 aromatic carbocycles. The first-order valence-corrected chi connectivity index (χ1v) is 15.0. The van der Waals surface area contributed by atoms with Crippen molar-refractivity contribution < 1.29 is 24.3 Å². The standard InChI is InChI=1S/C25H38N10O5S/c1-14-20-19(15(2)29-18(36)12-34-13-28-30-31-34)24(38)35(20)21(25(39)40)22(14)41-16-10-17(27-11-16)23(37)33-8-6-32(7-9-33)5-3-4-26/h13-17,19-20,27H,3-12,26H2,1-2H3,(H,29,36)(H,39,40)/t14-,15?,16+,17+,19-,20-/m1/s1. The molecule has 5 N–H and O–H groups in total. The Morgan fingerprint density at radius 2 is 2.02 bits per heavy atom. The number of nitrogens with zero attached hydrogens (tertiary/aromatic N) is 7. The highest BCUT2D eigenvalue weighted by molar-refractivity contribution is 8.03. The Morgan fingerprint density at radius 3 is 2.68 bits per heavy atom. The van der Waals surface area contributed by atoms with Gasteiger partial charge in [-0.2, -0.15) is 0 Å². The Morgan fingerprint density at radius 1 is 1.27 bits per heavy atom. The van der Waals surface area contributed by atoms with Gasteiger partial charge in [-0.15, -0.1) is 16.9 Å². The Bertz CT molecular complexity index is 1190. The molecule has 15 nitrogen and oxygen atoms in total. The van der Waals surface area contributed by atoms with E-state index in [4.69, 9.17) is 5.73 Å². The topological polar surface area (TPSA) is 192 Å². The van der Waals surface area contributed by atoms with Gasteiger partial charge in [-0.25, -0.2) is 9.48 Å². The van der Waals surface area contributed by atoms with Crippen LogP contribution >= 0.6 is 11.8 Å². The summed E-state index contributed by atoms with van der Waals surface area (Å²) in [5, 5.41) is 26.9. The predicted octanol–water partition coefficient (Wildman–Crippen LogP) is -2.09. The van der Waals surface area contributed by atoms with Crippen LogP contribution in [-0.4, -0.2) is 133 Å².